The molecule has 0 atom stereocenters. The molecule has 0 bridgehead atoms. The summed E-state index contributed by atoms with van der Waals surface area (Å²) in [7, 11) is 0.941. The Hall–Kier alpha value is -3.05. The summed E-state index contributed by atoms with van der Waals surface area (Å²) >= 11 is 0. The van der Waals surface area contributed by atoms with Crippen molar-refractivity contribution < 1.29 is 50.1 Å². The second-order valence-electron chi connectivity index (χ2n) is 10.6. The number of alkyl halides is 6. The minimum absolute atomic E-state index is 0.000148. The zero-order valence-corrected chi connectivity index (χ0v) is 26.1. The van der Waals surface area contributed by atoms with E-state index in [-0.39, 0.29) is 17.6 Å². The topological polar surface area (TPSA) is 54.0 Å². The Bertz CT molecular complexity index is 1230. The standard InChI is InChI=1S/C33H42F6O5/c1-7-30(8-2,27-15-16-28(24(5)21-27)43-19-11-10-12-29(40)42-9-3)26-14-13-25(23(4)20-26)17-18-31(32(34,35)36,33(37,38)39)44-22-41-6/h13-18,20-21H,7-12,19,22H2,1-6H3. The van der Waals surface area contributed by atoms with Crippen LogP contribution in [0.4, 0.5) is 26.3 Å². The first-order chi connectivity index (χ1) is 20.6. The summed E-state index contributed by atoms with van der Waals surface area (Å²) in [5.41, 5.74) is -1.47. The summed E-state index contributed by atoms with van der Waals surface area (Å²) in [6.45, 7) is 9.01. The van der Waals surface area contributed by atoms with Gasteiger partial charge in [0.05, 0.1) is 13.2 Å². The third-order valence-electron chi connectivity index (χ3n) is 7.84. The summed E-state index contributed by atoms with van der Waals surface area (Å²) in [5, 5.41) is 0. The van der Waals surface area contributed by atoms with E-state index in [9.17, 15) is 31.1 Å². The highest BCUT2D eigenvalue weighted by Crippen LogP contribution is 2.47. The van der Waals surface area contributed by atoms with E-state index in [0.29, 0.717) is 50.9 Å². The SMILES string of the molecule is CCOC(=O)CCCCOc1ccc(C(CC)(CC)c2ccc(C=CC(OCOC)(C(F)(F)F)C(F)(F)F)c(C)c2)cc1C. The van der Waals surface area contributed by atoms with Crippen LogP contribution in [0, 0.1) is 13.8 Å². The Balaban J connectivity index is 2.35. The minimum atomic E-state index is -5.77. The smallest absolute Gasteiger partial charge is 0.430 e. The van der Waals surface area contributed by atoms with Crippen LogP contribution in [0.15, 0.2) is 42.5 Å². The number of carbonyl (C=O) groups is 1. The van der Waals surface area contributed by atoms with Crippen LogP contribution in [0.3, 0.4) is 0 Å². The van der Waals surface area contributed by atoms with Gasteiger partial charge in [0.15, 0.2) is 0 Å². The molecule has 0 fully saturated rings. The molecule has 44 heavy (non-hydrogen) atoms. The van der Waals surface area contributed by atoms with Gasteiger partial charge in [0.25, 0.3) is 5.60 Å². The number of ether oxygens (including phenoxy) is 4. The van der Waals surface area contributed by atoms with Crippen LogP contribution in [0.5, 0.6) is 5.75 Å². The summed E-state index contributed by atoms with van der Waals surface area (Å²) in [6.07, 6.45) is -7.68. The summed E-state index contributed by atoms with van der Waals surface area (Å²) in [5.74, 6) is 0.491. The molecule has 11 heteroatoms. The van der Waals surface area contributed by atoms with E-state index in [2.05, 4.69) is 9.47 Å². The zero-order valence-electron chi connectivity index (χ0n) is 26.1. The number of carbonyl (C=O) groups excluding carboxylic acids is 1. The van der Waals surface area contributed by atoms with Gasteiger partial charge in [-0.05, 0) is 86.4 Å². The third-order valence-corrected chi connectivity index (χ3v) is 7.84. The van der Waals surface area contributed by atoms with E-state index < -0.39 is 30.2 Å². The van der Waals surface area contributed by atoms with Gasteiger partial charge in [0, 0.05) is 18.9 Å². The fraction of sp³-hybridized carbons (Fsp3) is 0.545. The Morgan fingerprint density at radius 3 is 1.93 bits per heavy atom. The van der Waals surface area contributed by atoms with Crippen LogP contribution in [0.2, 0.25) is 0 Å². The first kappa shape index (κ1) is 37.1. The fourth-order valence-electron chi connectivity index (χ4n) is 5.21. The van der Waals surface area contributed by atoms with Gasteiger partial charge in [0.1, 0.15) is 12.5 Å². The molecule has 0 aliphatic rings. The van der Waals surface area contributed by atoms with Crippen LogP contribution in [-0.4, -0.2) is 51.0 Å². The lowest BCUT2D eigenvalue weighted by Crippen LogP contribution is -2.57. The average Bonchev–Trinajstić information content (AvgIpc) is 2.94. The first-order valence-electron chi connectivity index (χ1n) is 14.6. The van der Waals surface area contributed by atoms with E-state index in [1.807, 2.05) is 39.0 Å². The molecule has 0 aliphatic heterocycles. The molecule has 0 amide bonds. The number of esters is 1. The lowest BCUT2D eigenvalue weighted by molar-refractivity contribution is -0.372. The number of hydrogen-bond acceptors (Lipinski definition) is 5. The van der Waals surface area contributed by atoms with Crippen molar-refractivity contribution in [2.75, 3.05) is 27.1 Å². The molecule has 0 unspecified atom stereocenters. The number of halogens is 6. The normalized spacial score (nSPS) is 13.0. The molecule has 0 saturated heterocycles. The van der Waals surface area contributed by atoms with Crippen molar-refractivity contribution >= 4 is 12.0 Å². The maximum Gasteiger partial charge on any atom is 0.430 e. The van der Waals surface area contributed by atoms with E-state index in [1.54, 1.807) is 26.0 Å². The molecule has 2 aromatic carbocycles. The van der Waals surface area contributed by atoms with E-state index >= 15 is 0 Å². The molecule has 2 rings (SSSR count). The van der Waals surface area contributed by atoms with Crippen molar-refractivity contribution in [3.05, 3.63) is 70.3 Å². The van der Waals surface area contributed by atoms with Crippen LogP contribution in [0.25, 0.3) is 6.08 Å². The van der Waals surface area contributed by atoms with Crippen LogP contribution in [0.1, 0.15) is 80.7 Å². The maximum absolute atomic E-state index is 13.7. The average molecular weight is 633 g/mol. The quantitative estimate of drug-likeness (QED) is 0.0800. The van der Waals surface area contributed by atoms with Gasteiger partial charge >= 0.3 is 18.3 Å². The fourth-order valence-corrected chi connectivity index (χ4v) is 5.21. The lowest BCUT2D eigenvalue weighted by Gasteiger charge is -2.35. The largest absolute Gasteiger partial charge is 0.493 e. The van der Waals surface area contributed by atoms with Gasteiger partial charge in [-0.3, -0.25) is 4.79 Å². The highest BCUT2D eigenvalue weighted by Gasteiger charge is 2.71. The summed E-state index contributed by atoms with van der Waals surface area (Å²) in [4.78, 5) is 11.5. The molecule has 0 heterocycles. The van der Waals surface area contributed by atoms with Crippen LogP contribution < -0.4 is 4.74 Å². The Morgan fingerprint density at radius 1 is 0.841 bits per heavy atom. The van der Waals surface area contributed by atoms with Gasteiger partial charge in [-0.25, -0.2) is 0 Å². The first-order valence-corrected chi connectivity index (χ1v) is 14.6. The second-order valence-corrected chi connectivity index (χ2v) is 10.6. The van der Waals surface area contributed by atoms with Gasteiger partial charge < -0.3 is 18.9 Å². The number of rotatable bonds is 16. The molecular formula is C33H42F6O5. The van der Waals surface area contributed by atoms with Gasteiger partial charge in [-0.2, -0.15) is 26.3 Å². The Morgan fingerprint density at radius 2 is 1.43 bits per heavy atom. The highest BCUT2D eigenvalue weighted by molar-refractivity contribution is 5.69. The number of aryl methyl sites for hydroxylation is 2. The minimum Gasteiger partial charge on any atom is -0.493 e. The molecule has 0 aliphatic carbocycles. The van der Waals surface area contributed by atoms with Gasteiger partial charge in [-0.1, -0.05) is 50.3 Å². The molecule has 0 aromatic heterocycles. The van der Waals surface area contributed by atoms with Crippen molar-refractivity contribution in [3.63, 3.8) is 0 Å². The molecular weight excluding hydrogens is 590 g/mol. The Kier molecular flexibility index (Phi) is 13.3. The van der Waals surface area contributed by atoms with Crippen molar-refractivity contribution in [2.24, 2.45) is 0 Å². The van der Waals surface area contributed by atoms with Crippen molar-refractivity contribution in [3.8, 4) is 5.75 Å². The van der Waals surface area contributed by atoms with Crippen molar-refractivity contribution in [1.29, 1.82) is 0 Å². The third kappa shape index (κ3) is 8.56. The highest BCUT2D eigenvalue weighted by atomic mass is 19.4. The van der Waals surface area contributed by atoms with Crippen molar-refractivity contribution in [1.82, 2.24) is 0 Å². The number of benzene rings is 2. The monoisotopic (exact) mass is 632 g/mol. The zero-order chi connectivity index (χ0) is 33.2. The van der Waals surface area contributed by atoms with Crippen LogP contribution in [-0.2, 0) is 24.4 Å². The number of hydrogen-bond donors (Lipinski definition) is 0. The summed E-state index contributed by atoms with van der Waals surface area (Å²) < 4.78 is 102. The van der Waals surface area contributed by atoms with Crippen LogP contribution >= 0.6 is 0 Å². The number of methoxy groups -OCH3 is 1. The predicted octanol–water partition coefficient (Wildman–Crippen LogP) is 9.02. The Labute approximate surface area is 255 Å². The van der Waals surface area contributed by atoms with Gasteiger partial charge in [0.2, 0.25) is 0 Å². The van der Waals surface area contributed by atoms with E-state index in [1.165, 1.54) is 6.07 Å². The van der Waals surface area contributed by atoms with Gasteiger partial charge in [-0.15, -0.1) is 0 Å². The van der Waals surface area contributed by atoms with E-state index in [0.717, 1.165) is 35.6 Å². The number of unbranched alkanes of at least 4 members (excludes halogenated alkanes) is 1. The summed E-state index contributed by atoms with van der Waals surface area (Å²) in [6, 6.07) is 11.0. The van der Waals surface area contributed by atoms with Crippen molar-refractivity contribution in [2.45, 2.75) is 90.1 Å². The molecule has 0 saturated carbocycles. The predicted molar refractivity (Wildman–Crippen MR) is 157 cm³/mol. The second kappa shape index (κ2) is 15.8. The molecule has 5 nitrogen and oxygen atoms in total. The molecule has 2 aromatic rings. The molecule has 0 radical (unpaired) electrons. The lowest BCUT2D eigenvalue weighted by atomic mass is 9.70. The molecule has 0 N–H and O–H groups in total. The molecule has 0 spiro atoms. The molecule has 246 valence electrons. The van der Waals surface area contributed by atoms with E-state index in [4.69, 9.17) is 9.47 Å². The maximum atomic E-state index is 13.7.